The van der Waals surface area contributed by atoms with Crippen LogP contribution in [0, 0.1) is 6.92 Å². The molecule has 0 aromatic heterocycles. The Bertz CT molecular complexity index is 460. The Morgan fingerprint density at radius 1 is 1.20 bits per heavy atom. The Hall–Kier alpha value is -1.36. The molecule has 0 unspecified atom stereocenters. The fraction of sp³-hybridized carbons (Fsp3) is 0.467. The van der Waals surface area contributed by atoms with Crippen LogP contribution in [0.5, 0.6) is 0 Å². The van der Waals surface area contributed by atoms with Crippen molar-refractivity contribution in [1.82, 2.24) is 0 Å². The van der Waals surface area contributed by atoms with Crippen molar-refractivity contribution in [1.29, 1.82) is 0 Å². The van der Waals surface area contributed by atoms with Crippen LogP contribution in [0.1, 0.15) is 42.6 Å². The van der Waals surface area contributed by atoms with Crippen molar-refractivity contribution in [2.45, 2.75) is 38.1 Å². The van der Waals surface area contributed by atoms with Gasteiger partial charge in [-0.25, -0.2) is 4.79 Å². The molecule has 20 heavy (non-hydrogen) atoms. The predicted octanol–water partition coefficient (Wildman–Crippen LogP) is 3.61. The summed E-state index contributed by atoms with van der Waals surface area (Å²) in [4.78, 5) is 23.1. The highest BCUT2D eigenvalue weighted by Crippen LogP contribution is 2.18. The Labute approximate surface area is 127 Å². The lowest BCUT2D eigenvalue weighted by molar-refractivity contribution is -0.149. The fourth-order valence-electron chi connectivity index (χ4n) is 1.48. The molecule has 1 rings (SSSR count). The number of alkyl halides is 1. The number of hydrogen-bond acceptors (Lipinski definition) is 4. The first-order valence-electron chi connectivity index (χ1n) is 6.42. The number of hydrogen-bond donors (Lipinski definition) is 0. The van der Waals surface area contributed by atoms with E-state index in [-0.39, 0.29) is 25.0 Å². The van der Waals surface area contributed by atoms with Crippen molar-refractivity contribution >= 4 is 27.9 Å². The number of halogens is 1. The molecule has 0 atom stereocenters. The predicted molar refractivity (Wildman–Crippen MR) is 79.8 cm³/mol. The van der Waals surface area contributed by atoms with E-state index in [2.05, 4.69) is 15.9 Å². The third-order valence-corrected chi connectivity index (χ3v) is 2.56. The lowest BCUT2D eigenvalue weighted by atomic mass is 10.1. The van der Waals surface area contributed by atoms with Gasteiger partial charge in [-0.2, -0.15) is 0 Å². The first-order chi connectivity index (χ1) is 9.28. The van der Waals surface area contributed by atoms with Crippen LogP contribution >= 0.6 is 15.9 Å². The van der Waals surface area contributed by atoms with Gasteiger partial charge in [-0.15, -0.1) is 0 Å². The molecule has 0 aliphatic rings. The lowest BCUT2D eigenvalue weighted by Crippen LogP contribution is -2.20. The minimum absolute atomic E-state index is 0.199. The Morgan fingerprint density at radius 3 is 2.35 bits per heavy atom. The smallest absolute Gasteiger partial charge is 0.338 e. The second kappa shape index (κ2) is 7.43. The van der Waals surface area contributed by atoms with Gasteiger partial charge in [0.1, 0.15) is 0 Å². The zero-order chi connectivity index (χ0) is 15.2. The van der Waals surface area contributed by atoms with Crippen LogP contribution < -0.4 is 0 Å². The zero-order valence-electron chi connectivity index (χ0n) is 11.9. The maximum atomic E-state index is 11.7. The molecule has 0 fully saturated rings. The normalized spacial score (nSPS) is 11.0. The van der Waals surface area contributed by atoms with E-state index in [1.54, 1.807) is 26.0 Å². The van der Waals surface area contributed by atoms with Gasteiger partial charge in [-0.05, 0) is 55.3 Å². The maximum Gasteiger partial charge on any atom is 0.338 e. The van der Waals surface area contributed by atoms with Crippen LogP contribution in [-0.2, 0) is 14.3 Å². The molecule has 1 aromatic rings. The van der Waals surface area contributed by atoms with Gasteiger partial charge < -0.3 is 9.47 Å². The van der Waals surface area contributed by atoms with Crippen molar-refractivity contribution in [3.8, 4) is 0 Å². The van der Waals surface area contributed by atoms with Gasteiger partial charge in [-0.3, -0.25) is 4.79 Å². The average molecular weight is 343 g/mol. The summed E-state index contributed by atoms with van der Waals surface area (Å²) < 4.78 is 9.51. The lowest BCUT2D eigenvalue weighted by Gasteiger charge is -2.17. The number of esters is 2. The summed E-state index contributed by atoms with van der Waals surface area (Å²) in [5.41, 5.74) is 1.60. The van der Waals surface area contributed by atoms with Crippen LogP contribution in [0.2, 0.25) is 0 Å². The highest BCUT2D eigenvalue weighted by atomic mass is 79.9. The van der Waals surface area contributed by atoms with Crippen molar-refractivity contribution in [2.75, 3.05) is 6.61 Å². The van der Waals surface area contributed by atoms with Gasteiger partial charge in [0.15, 0.2) is 4.51 Å². The first-order valence-corrected chi connectivity index (χ1v) is 7.22. The van der Waals surface area contributed by atoms with Crippen molar-refractivity contribution < 1.29 is 19.1 Å². The van der Waals surface area contributed by atoms with Crippen LogP contribution in [-0.4, -0.2) is 23.1 Å². The summed E-state index contributed by atoms with van der Waals surface area (Å²) in [6.07, 6.45) is 0.662. The molecule has 5 heteroatoms. The summed E-state index contributed by atoms with van der Waals surface area (Å²) in [6, 6.07) is 7.15. The fourth-order valence-corrected chi connectivity index (χ4v) is 1.66. The second-order valence-electron chi connectivity index (χ2n) is 4.94. The van der Waals surface area contributed by atoms with Gasteiger partial charge in [0.2, 0.25) is 0 Å². The van der Waals surface area contributed by atoms with E-state index in [9.17, 15) is 9.59 Å². The second-order valence-corrected chi connectivity index (χ2v) is 6.85. The molecule has 0 aliphatic carbocycles. The third kappa shape index (κ3) is 6.70. The molecule has 0 saturated carbocycles. The molecule has 4 nitrogen and oxygen atoms in total. The SMILES string of the molecule is Cc1ccc(C(=O)OCCCC(=O)OC(C)(C)Br)cc1. The summed E-state index contributed by atoms with van der Waals surface area (Å²) >= 11 is 3.22. The Kier molecular flexibility index (Phi) is 6.20. The minimum atomic E-state index is -0.664. The molecule has 0 spiro atoms. The highest BCUT2D eigenvalue weighted by Gasteiger charge is 2.17. The van der Waals surface area contributed by atoms with Crippen molar-refractivity contribution in [3.05, 3.63) is 35.4 Å². The molecule has 0 bridgehead atoms. The van der Waals surface area contributed by atoms with E-state index in [0.29, 0.717) is 12.0 Å². The molecule has 0 saturated heterocycles. The quantitative estimate of drug-likeness (QED) is 0.450. The van der Waals surface area contributed by atoms with E-state index in [4.69, 9.17) is 9.47 Å². The topological polar surface area (TPSA) is 52.6 Å². The number of ether oxygens (including phenoxy) is 2. The van der Waals surface area contributed by atoms with Crippen molar-refractivity contribution in [3.63, 3.8) is 0 Å². The van der Waals surface area contributed by atoms with Gasteiger partial charge in [0.25, 0.3) is 0 Å². The van der Waals surface area contributed by atoms with E-state index < -0.39 is 4.51 Å². The van der Waals surface area contributed by atoms with Gasteiger partial charge in [-0.1, -0.05) is 17.7 Å². The van der Waals surface area contributed by atoms with Crippen LogP contribution in [0.4, 0.5) is 0 Å². The number of aryl methyl sites for hydroxylation is 1. The van der Waals surface area contributed by atoms with Gasteiger partial charge in [0, 0.05) is 6.42 Å². The molecule has 0 heterocycles. The van der Waals surface area contributed by atoms with E-state index in [0.717, 1.165) is 5.56 Å². The molecule has 110 valence electrons. The molecular formula is C15H19BrO4. The van der Waals surface area contributed by atoms with Crippen molar-refractivity contribution in [2.24, 2.45) is 0 Å². The third-order valence-electron chi connectivity index (χ3n) is 2.40. The van der Waals surface area contributed by atoms with E-state index >= 15 is 0 Å². The van der Waals surface area contributed by atoms with Crippen LogP contribution in [0.3, 0.4) is 0 Å². The molecule has 0 N–H and O–H groups in total. The molecular weight excluding hydrogens is 324 g/mol. The van der Waals surface area contributed by atoms with E-state index in [1.165, 1.54) is 0 Å². The summed E-state index contributed by atoms with van der Waals surface area (Å²) in [6.45, 7) is 5.63. The summed E-state index contributed by atoms with van der Waals surface area (Å²) in [7, 11) is 0. The highest BCUT2D eigenvalue weighted by molar-refractivity contribution is 9.10. The van der Waals surface area contributed by atoms with Crippen LogP contribution in [0.25, 0.3) is 0 Å². The minimum Gasteiger partial charge on any atom is -0.462 e. The number of benzene rings is 1. The van der Waals surface area contributed by atoms with E-state index in [1.807, 2.05) is 19.1 Å². The average Bonchev–Trinajstić information content (AvgIpc) is 2.33. The standard InChI is InChI=1S/C15H19BrO4/c1-11-6-8-12(9-7-11)14(18)19-10-4-5-13(17)20-15(2,3)16/h6-9H,4-5,10H2,1-3H3. The Balaban J connectivity index is 2.26. The molecule has 1 aromatic carbocycles. The molecule has 0 aliphatic heterocycles. The Morgan fingerprint density at radius 2 is 1.80 bits per heavy atom. The number of rotatable bonds is 6. The zero-order valence-corrected chi connectivity index (χ0v) is 13.5. The van der Waals surface area contributed by atoms with Gasteiger partial charge in [0.05, 0.1) is 12.2 Å². The summed E-state index contributed by atoms with van der Waals surface area (Å²) in [5.74, 6) is -0.697. The van der Waals surface area contributed by atoms with Gasteiger partial charge >= 0.3 is 11.9 Å². The number of carbonyl (C=O) groups excluding carboxylic acids is 2. The number of carbonyl (C=O) groups is 2. The maximum absolute atomic E-state index is 11.7. The van der Waals surface area contributed by atoms with Crippen LogP contribution in [0.15, 0.2) is 24.3 Å². The molecule has 0 amide bonds. The monoisotopic (exact) mass is 342 g/mol. The largest absolute Gasteiger partial charge is 0.462 e. The molecule has 0 radical (unpaired) electrons. The summed E-state index contributed by atoms with van der Waals surface area (Å²) in [5, 5.41) is 0. The first kappa shape index (κ1) is 16.7.